The van der Waals surface area contributed by atoms with Gasteiger partial charge in [-0.25, -0.2) is 12.7 Å². The van der Waals surface area contributed by atoms with Crippen molar-refractivity contribution in [1.82, 2.24) is 4.31 Å². The normalized spacial score (nSPS) is 14.3. The van der Waals surface area contributed by atoms with Crippen LogP contribution in [0.3, 0.4) is 0 Å². The minimum atomic E-state index is -3.63. The summed E-state index contributed by atoms with van der Waals surface area (Å²) in [5, 5.41) is 2.90. The molecule has 0 saturated carbocycles. The number of fused-ring (bicyclic) bond motifs is 1. The molecule has 1 heterocycles. The summed E-state index contributed by atoms with van der Waals surface area (Å²) >= 11 is 1.46. The minimum absolute atomic E-state index is 0.244. The van der Waals surface area contributed by atoms with Crippen molar-refractivity contribution in [1.29, 1.82) is 0 Å². The molecule has 0 aliphatic carbocycles. The van der Waals surface area contributed by atoms with E-state index in [0.29, 0.717) is 29.8 Å². The Morgan fingerprint density at radius 2 is 1.79 bits per heavy atom. The largest absolute Gasteiger partial charge is 0.497 e. The van der Waals surface area contributed by atoms with Crippen LogP contribution in [0.5, 0.6) is 5.75 Å². The Balaban J connectivity index is 1.54. The predicted octanol–water partition coefficient (Wildman–Crippen LogP) is 4.14. The molecule has 144 valence electrons. The second kappa shape index (κ2) is 7.85. The molecule has 0 radical (unpaired) electrons. The highest BCUT2D eigenvalue weighted by molar-refractivity contribution is 8.14. The van der Waals surface area contributed by atoms with Crippen LogP contribution < -0.4 is 4.74 Å². The lowest BCUT2D eigenvalue weighted by molar-refractivity contribution is 0.414. The van der Waals surface area contributed by atoms with Crippen LogP contribution in [0.1, 0.15) is 5.56 Å². The molecule has 4 rings (SSSR count). The number of methoxy groups -OCH3 is 1. The van der Waals surface area contributed by atoms with Gasteiger partial charge in [-0.1, -0.05) is 54.2 Å². The summed E-state index contributed by atoms with van der Waals surface area (Å²) in [4.78, 5) is 4.68. The number of hydrogen-bond donors (Lipinski definition) is 0. The number of rotatable bonds is 5. The molecule has 0 aromatic heterocycles. The van der Waals surface area contributed by atoms with Crippen molar-refractivity contribution in [3.8, 4) is 5.75 Å². The fraction of sp³-hybridized carbons (Fsp3) is 0.190. The van der Waals surface area contributed by atoms with Gasteiger partial charge in [0.1, 0.15) is 5.75 Å². The van der Waals surface area contributed by atoms with Gasteiger partial charge in [0, 0.05) is 5.75 Å². The Labute approximate surface area is 169 Å². The van der Waals surface area contributed by atoms with E-state index in [0.717, 1.165) is 0 Å². The molecule has 7 heteroatoms. The van der Waals surface area contributed by atoms with E-state index in [2.05, 4.69) is 29.3 Å². The van der Waals surface area contributed by atoms with Crippen LogP contribution in [0.25, 0.3) is 10.8 Å². The fourth-order valence-corrected chi connectivity index (χ4v) is 5.91. The van der Waals surface area contributed by atoms with E-state index in [1.807, 2.05) is 18.2 Å². The lowest BCUT2D eigenvalue weighted by Crippen LogP contribution is -2.32. The zero-order valence-electron chi connectivity index (χ0n) is 15.4. The summed E-state index contributed by atoms with van der Waals surface area (Å²) in [6, 6.07) is 20.8. The molecule has 1 aliphatic heterocycles. The van der Waals surface area contributed by atoms with Crippen molar-refractivity contribution in [3.63, 3.8) is 0 Å². The van der Waals surface area contributed by atoms with Crippen LogP contribution in [0, 0.1) is 0 Å². The van der Waals surface area contributed by atoms with Gasteiger partial charge in [-0.05, 0) is 40.6 Å². The number of hydrogen-bond acceptors (Lipinski definition) is 5. The third kappa shape index (κ3) is 3.59. The van der Waals surface area contributed by atoms with E-state index in [-0.39, 0.29) is 4.90 Å². The van der Waals surface area contributed by atoms with Gasteiger partial charge in [-0.3, -0.25) is 4.99 Å². The number of nitrogens with zero attached hydrogens (tertiary/aromatic N) is 2. The van der Waals surface area contributed by atoms with Gasteiger partial charge in [0.15, 0.2) is 5.17 Å². The molecular weight excluding hydrogens is 392 g/mol. The Morgan fingerprint density at radius 1 is 1.04 bits per heavy atom. The number of sulfonamides is 1. The molecule has 0 amide bonds. The average molecular weight is 413 g/mol. The first kappa shape index (κ1) is 18.8. The van der Waals surface area contributed by atoms with E-state index in [1.54, 1.807) is 31.4 Å². The maximum Gasteiger partial charge on any atom is 0.265 e. The molecule has 3 aromatic rings. The summed E-state index contributed by atoms with van der Waals surface area (Å²) in [6.07, 6.45) is 0. The third-order valence-electron chi connectivity index (χ3n) is 4.65. The van der Waals surface area contributed by atoms with Crippen LogP contribution in [0.15, 0.2) is 76.6 Å². The van der Waals surface area contributed by atoms with Gasteiger partial charge in [-0.2, -0.15) is 0 Å². The molecule has 0 unspecified atom stereocenters. The van der Waals surface area contributed by atoms with Crippen LogP contribution in [-0.2, 0) is 15.8 Å². The predicted molar refractivity (Wildman–Crippen MR) is 114 cm³/mol. The van der Waals surface area contributed by atoms with Crippen molar-refractivity contribution in [2.24, 2.45) is 4.99 Å². The highest BCUT2D eigenvalue weighted by Gasteiger charge is 2.31. The zero-order valence-corrected chi connectivity index (χ0v) is 17.0. The van der Waals surface area contributed by atoms with E-state index < -0.39 is 10.0 Å². The molecule has 5 nitrogen and oxygen atoms in total. The second-order valence-electron chi connectivity index (χ2n) is 6.34. The van der Waals surface area contributed by atoms with Gasteiger partial charge in [-0.15, -0.1) is 0 Å². The van der Waals surface area contributed by atoms with Crippen LogP contribution in [0.4, 0.5) is 0 Å². The van der Waals surface area contributed by atoms with E-state index >= 15 is 0 Å². The topological polar surface area (TPSA) is 59.0 Å². The molecule has 0 N–H and O–H groups in total. The summed E-state index contributed by atoms with van der Waals surface area (Å²) in [6.45, 7) is 0.847. The lowest BCUT2D eigenvalue weighted by Gasteiger charge is -2.20. The summed E-state index contributed by atoms with van der Waals surface area (Å²) in [7, 11) is -2.08. The van der Waals surface area contributed by atoms with Crippen LogP contribution in [-0.4, -0.2) is 38.1 Å². The van der Waals surface area contributed by atoms with Crippen molar-refractivity contribution >= 4 is 37.7 Å². The quantitative estimate of drug-likeness (QED) is 0.632. The van der Waals surface area contributed by atoms with Crippen molar-refractivity contribution < 1.29 is 13.2 Å². The van der Waals surface area contributed by atoms with Gasteiger partial charge in [0.2, 0.25) is 0 Å². The number of benzene rings is 3. The molecule has 1 aliphatic rings. The lowest BCUT2D eigenvalue weighted by atomic mass is 10.1. The first-order valence-electron chi connectivity index (χ1n) is 8.90. The fourth-order valence-electron chi connectivity index (χ4n) is 3.19. The van der Waals surface area contributed by atoms with Crippen LogP contribution in [0.2, 0.25) is 0 Å². The van der Waals surface area contributed by atoms with Crippen molar-refractivity contribution in [2.45, 2.75) is 10.6 Å². The molecule has 0 atom stereocenters. The molecule has 0 bridgehead atoms. The summed E-state index contributed by atoms with van der Waals surface area (Å²) in [5.41, 5.74) is 1.17. The number of amidine groups is 1. The Hall–Kier alpha value is -2.51. The molecule has 28 heavy (non-hydrogen) atoms. The molecular formula is C21H20N2O3S2. The zero-order chi connectivity index (χ0) is 19.6. The average Bonchev–Trinajstić information content (AvgIpc) is 3.22. The number of aliphatic imine (C=N–C) groups is 1. The SMILES string of the molecule is COc1ccc(S(=O)(=O)N2CCN=C2SCc2cccc3ccccc23)cc1. The van der Waals surface area contributed by atoms with E-state index in [1.165, 1.54) is 32.4 Å². The van der Waals surface area contributed by atoms with Gasteiger partial charge in [0.05, 0.1) is 25.1 Å². The minimum Gasteiger partial charge on any atom is -0.497 e. The Kier molecular flexibility index (Phi) is 5.28. The van der Waals surface area contributed by atoms with Gasteiger partial charge in [0.25, 0.3) is 10.0 Å². The van der Waals surface area contributed by atoms with Gasteiger partial charge >= 0.3 is 0 Å². The van der Waals surface area contributed by atoms with Crippen molar-refractivity contribution in [3.05, 3.63) is 72.3 Å². The number of thioether (sulfide) groups is 1. The highest BCUT2D eigenvalue weighted by atomic mass is 32.2. The Bertz CT molecular complexity index is 1120. The first-order chi connectivity index (χ1) is 13.6. The molecule has 3 aromatic carbocycles. The maximum absolute atomic E-state index is 13.1. The molecule has 0 fully saturated rings. The van der Waals surface area contributed by atoms with Gasteiger partial charge < -0.3 is 4.74 Å². The van der Waals surface area contributed by atoms with Crippen LogP contribution >= 0.6 is 11.8 Å². The smallest absolute Gasteiger partial charge is 0.265 e. The molecule has 0 saturated heterocycles. The monoisotopic (exact) mass is 412 g/mol. The maximum atomic E-state index is 13.1. The second-order valence-corrected chi connectivity index (χ2v) is 9.15. The number of ether oxygens (including phenoxy) is 1. The standard InChI is InChI=1S/C21H20N2O3S2/c1-26-18-9-11-19(12-10-18)28(24,25)23-14-13-22-21(23)27-15-17-7-4-6-16-5-2-3-8-20(16)17/h2-12H,13-15H2,1H3. The van der Waals surface area contributed by atoms with Crippen molar-refractivity contribution in [2.75, 3.05) is 20.2 Å². The third-order valence-corrected chi connectivity index (χ3v) is 7.63. The highest BCUT2D eigenvalue weighted by Crippen LogP contribution is 2.29. The van der Waals surface area contributed by atoms with E-state index in [4.69, 9.17) is 4.74 Å². The summed E-state index contributed by atoms with van der Waals surface area (Å²) in [5.74, 6) is 1.29. The molecule has 0 spiro atoms. The Morgan fingerprint density at radius 3 is 2.57 bits per heavy atom. The summed E-state index contributed by atoms with van der Waals surface area (Å²) < 4.78 is 32.6. The van der Waals surface area contributed by atoms with E-state index in [9.17, 15) is 8.42 Å². The first-order valence-corrected chi connectivity index (χ1v) is 11.3.